The van der Waals surface area contributed by atoms with Crippen LogP contribution in [0.2, 0.25) is 0 Å². The van der Waals surface area contributed by atoms with Gasteiger partial charge in [0.15, 0.2) is 0 Å². The predicted molar refractivity (Wildman–Crippen MR) is 119 cm³/mol. The first-order valence-electron chi connectivity index (χ1n) is 10.5. The quantitative estimate of drug-likeness (QED) is 0.581. The molecule has 1 N–H and O–H groups in total. The largest absolute Gasteiger partial charge is 0.463 e. The van der Waals surface area contributed by atoms with Gasteiger partial charge in [-0.3, -0.25) is 4.90 Å². The summed E-state index contributed by atoms with van der Waals surface area (Å²) >= 11 is 0. The molecule has 2 heterocycles. The van der Waals surface area contributed by atoms with Crippen molar-refractivity contribution in [2.24, 2.45) is 0 Å². The van der Waals surface area contributed by atoms with Crippen molar-refractivity contribution in [1.29, 1.82) is 0 Å². The SMILES string of the molecule is CCOC(=O)C1=C(Cn2cc(-c3cccc(C)c3)nn2)N(C)C(=O)NC1c1ccc(F)cc1. The summed E-state index contributed by atoms with van der Waals surface area (Å²) in [7, 11) is 1.57. The van der Waals surface area contributed by atoms with Gasteiger partial charge in [0.05, 0.1) is 36.7 Å². The lowest BCUT2D eigenvalue weighted by molar-refractivity contribution is -0.139. The number of rotatable bonds is 6. The maximum atomic E-state index is 13.5. The highest BCUT2D eigenvalue weighted by Gasteiger charge is 2.37. The van der Waals surface area contributed by atoms with E-state index < -0.39 is 23.9 Å². The van der Waals surface area contributed by atoms with Gasteiger partial charge in [0.1, 0.15) is 11.5 Å². The molecule has 1 atom stereocenters. The van der Waals surface area contributed by atoms with Crippen LogP contribution in [0, 0.1) is 12.7 Å². The van der Waals surface area contributed by atoms with Crippen molar-refractivity contribution in [1.82, 2.24) is 25.2 Å². The molecule has 1 unspecified atom stereocenters. The summed E-state index contributed by atoms with van der Waals surface area (Å²) in [6, 6.07) is 12.3. The van der Waals surface area contributed by atoms with Crippen LogP contribution in [-0.2, 0) is 16.1 Å². The number of halogens is 1. The van der Waals surface area contributed by atoms with E-state index in [0.29, 0.717) is 17.0 Å². The zero-order valence-corrected chi connectivity index (χ0v) is 18.6. The zero-order chi connectivity index (χ0) is 23.5. The number of urea groups is 1. The molecule has 1 aromatic heterocycles. The molecule has 0 aliphatic carbocycles. The molecule has 1 aliphatic rings. The number of ether oxygens (including phenoxy) is 1. The van der Waals surface area contributed by atoms with E-state index in [1.54, 1.807) is 24.9 Å². The van der Waals surface area contributed by atoms with Gasteiger partial charge in [-0.25, -0.2) is 18.7 Å². The van der Waals surface area contributed by atoms with Gasteiger partial charge >= 0.3 is 12.0 Å². The molecule has 2 aromatic carbocycles. The highest BCUT2D eigenvalue weighted by Crippen LogP contribution is 2.32. The van der Waals surface area contributed by atoms with E-state index in [1.807, 2.05) is 31.2 Å². The van der Waals surface area contributed by atoms with Gasteiger partial charge in [-0.05, 0) is 37.6 Å². The van der Waals surface area contributed by atoms with Crippen LogP contribution >= 0.6 is 0 Å². The second-order valence-corrected chi connectivity index (χ2v) is 7.74. The summed E-state index contributed by atoms with van der Waals surface area (Å²) in [6.07, 6.45) is 1.76. The Hall–Kier alpha value is -4.01. The monoisotopic (exact) mass is 449 g/mol. The number of aromatic nitrogens is 3. The summed E-state index contributed by atoms with van der Waals surface area (Å²) in [5.41, 5.74) is 3.94. The molecule has 0 spiro atoms. The number of hydrogen-bond acceptors (Lipinski definition) is 5. The first-order chi connectivity index (χ1) is 15.9. The van der Waals surface area contributed by atoms with E-state index in [1.165, 1.54) is 29.2 Å². The smallest absolute Gasteiger partial charge is 0.338 e. The number of benzene rings is 2. The highest BCUT2D eigenvalue weighted by molar-refractivity contribution is 5.95. The Morgan fingerprint density at radius 2 is 1.97 bits per heavy atom. The summed E-state index contributed by atoms with van der Waals surface area (Å²) in [6.45, 7) is 4.00. The number of nitrogens with one attached hydrogen (secondary N) is 1. The Kier molecular flexibility index (Phi) is 6.21. The molecule has 2 amide bonds. The minimum atomic E-state index is -0.789. The van der Waals surface area contributed by atoms with E-state index >= 15 is 0 Å². The third kappa shape index (κ3) is 4.62. The van der Waals surface area contributed by atoms with Crippen LogP contribution in [0.3, 0.4) is 0 Å². The average Bonchev–Trinajstić information content (AvgIpc) is 3.26. The van der Waals surface area contributed by atoms with Gasteiger partial charge in [0, 0.05) is 12.6 Å². The standard InChI is InChI=1S/C24H24FN5O3/c1-4-33-23(31)21-20(14-30-13-19(27-28-30)17-7-5-6-15(2)12-17)29(3)24(32)26-22(21)16-8-10-18(25)11-9-16/h5-13,22H,4,14H2,1-3H3,(H,26,32). The maximum absolute atomic E-state index is 13.5. The van der Waals surface area contributed by atoms with Crippen molar-refractivity contribution >= 4 is 12.0 Å². The Labute approximate surface area is 190 Å². The molecule has 0 fully saturated rings. The Bertz CT molecular complexity index is 1220. The number of esters is 1. The third-order valence-corrected chi connectivity index (χ3v) is 5.44. The second-order valence-electron chi connectivity index (χ2n) is 7.74. The maximum Gasteiger partial charge on any atom is 0.338 e. The van der Waals surface area contributed by atoms with Gasteiger partial charge in [-0.15, -0.1) is 5.10 Å². The number of carbonyl (C=O) groups excluding carboxylic acids is 2. The van der Waals surface area contributed by atoms with Gasteiger partial charge in [-0.1, -0.05) is 41.1 Å². The lowest BCUT2D eigenvalue weighted by Gasteiger charge is -2.34. The van der Waals surface area contributed by atoms with Gasteiger partial charge in [0.2, 0.25) is 0 Å². The van der Waals surface area contributed by atoms with E-state index in [-0.39, 0.29) is 18.7 Å². The second kappa shape index (κ2) is 9.23. The number of carbonyl (C=O) groups is 2. The number of nitrogens with zero attached hydrogens (tertiary/aromatic N) is 4. The first-order valence-corrected chi connectivity index (χ1v) is 10.5. The molecule has 0 saturated carbocycles. The van der Waals surface area contributed by atoms with Crippen molar-refractivity contribution in [3.8, 4) is 11.3 Å². The van der Waals surface area contributed by atoms with E-state index in [4.69, 9.17) is 4.74 Å². The number of aryl methyl sites for hydroxylation is 1. The minimum absolute atomic E-state index is 0.120. The lowest BCUT2D eigenvalue weighted by atomic mass is 9.94. The molecule has 170 valence electrons. The highest BCUT2D eigenvalue weighted by atomic mass is 19.1. The molecule has 0 radical (unpaired) electrons. The van der Waals surface area contributed by atoms with Crippen LogP contribution in [-0.4, -0.2) is 45.5 Å². The van der Waals surface area contributed by atoms with E-state index in [0.717, 1.165) is 11.1 Å². The number of hydrogen-bond donors (Lipinski definition) is 1. The van der Waals surface area contributed by atoms with Crippen LogP contribution in [0.15, 0.2) is 66.0 Å². The summed E-state index contributed by atoms with van der Waals surface area (Å²) in [4.78, 5) is 27.1. The Morgan fingerprint density at radius 3 is 2.67 bits per heavy atom. The Balaban J connectivity index is 1.76. The summed E-state index contributed by atoms with van der Waals surface area (Å²) in [5, 5.41) is 11.2. The van der Waals surface area contributed by atoms with Gasteiger partial charge < -0.3 is 10.1 Å². The molecule has 0 bridgehead atoms. The number of amides is 2. The minimum Gasteiger partial charge on any atom is -0.463 e. The lowest BCUT2D eigenvalue weighted by Crippen LogP contribution is -2.47. The summed E-state index contributed by atoms with van der Waals surface area (Å²) in [5.74, 6) is -0.973. The fourth-order valence-corrected chi connectivity index (χ4v) is 3.77. The van der Waals surface area contributed by atoms with Gasteiger partial charge in [0.25, 0.3) is 0 Å². The number of allylic oxidation sites excluding steroid dienone is 1. The molecule has 8 nitrogen and oxygen atoms in total. The van der Waals surface area contributed by atoms with Crippen molar-refractivity contribution in [2.75, 3.05) is 13.7 Å². The topological polar surface area (TPSA) is 89.4 Å². The zero-order valence-electron chi connectivity index (χ0n) is 18.6. The predicted octanol–water partition coefficient (Wildman–Crippen LogP) is 3.61. The normalized spacial score (nSPS) is 16.1. The molecular formula is C24H24FN5O3. The third-order valence-electron chi connectivity index (χ3n) is 5.44. The molecule has 9 heteroatoms. The van der Waals surface area contributed by atoms with E-state index in [9.17, 15) is 14.0 Å². The van der Waals surface area contributed by atoms with Crippen molar-refractivity contribution in [3.05, 3.63) is 82.9 Å². The van der Waals surface area contributed by atoms with Crippen LogP contribution in [0.1, 0.15) is 24.1 Å². The van der Waals surface area contributed by atoms with Crippen molar-refractivity contribution in [2.45, 2.75) is 26.4 Å². The molecular weight excluding hydrogens is 425 g/mol. The van der Waals surface area contributed by atoms with Crippen molar-refractivity contribution in [3.63, 3.8) is 0 Å². The molecule has 33 heavy (non-hydrogen) atoms. The number of likely N-dealkylation sites (N-methyl/N-ethyl adjacent to an activating group) is 1. The van der Waals surface area contributed by atoms with Crippen LogP contribution < -0.4 is 5.32 Å². The molecule has 3 aromatic rings. The van der Waals surface area contributed by atoms with Crippen molar-refractivity contribution < 1.29 is 18.7 Å². The van der Waals surface area contributed by atoms with Crippen LogP contribution in [0.5, 0.6) is 0 Å². The Morgan fingerprint density at radius 1 is 1.21 bits per heavy atom. The fourth-order valence-electron chi connectivity index (χ4n) is 3.77. The molecule has 1 aliphatic heterocycles. The van der Waals surface area contributed by atoms with Crippen LogP contribution in [0.25, 0.3) is 11.3 Å². The average molecular weight is 449 g/mol. The fraction of sp³-hybridized carbons (Fsp3) is 0.250. The summed E-state index contributed by atoms with van der Waals surface area (Å²) < 4.78 is 20.4. The molecule has 0 saturated heterocycles. The van der Waals surface area contributed by atoms with Gasteiger partial charge in [-0.2, -0.15) is 0 Å². The van der Waals surface area contributed by atoms with Crippen LogP contribution in [0.4, 0.5) is 9.18 Å². The van der Waals surface area contributed by atoms with E-state index in [2.05, 4.69) is 15.6 Å². The first kappa shape index (κ1) is 22.2. The molecule has 4 rings (SSSR count).